The number of ether oxygens (including phenoxy) is 3. The minimum atomic E-state index is -0.739. The molecule has 0 fully saturated rings. The maximum atomic E-state index is 12.5. The van der Waals surface area contributed by atoms with Crippen molar-refractivity contribution in [2.75, 3.05) is 13.7 Å². The number of methoxy groups -OCH3 is 1. The Morgan fingerprint density at radius 3 is 2.33 bits per heavy atom. The number of hydrogen-bond donors (Lipinski definition) is 2. The van der Waals surface area contributed by atoms with Crippen LogP contribution in [-0.4, -0.2) is 31.5 Å². The third-order valence-electron chi connectivity index (χ3n) is 4.40. The van der Waals surface area contributed by atoms with E-state index in [1.165, 1.54) is 25.3 Å². The van der Waals surface area contributed by atoms with Gasteiger partial charge in [0.25, 0.3) is 11.8 Å². The Balaban J connectivity index is 1.52. The van der Waals surface area contributed by atoms with Crippen molar-refractivity contribution in [3.8, 4) is 11.5 Å². The lowest BCUT2D eigenvalue weighted by molar-refractivity contribution is -0.125. The van der Waals surface area contributed by atoms with Gasteiger partial charge in [0, 0.05) is 5.02 Å². The molecular weight excluding hydrogens is 448 g/mol. The van der Waals surface area contributed by atoms with Crippen molar-refractivity contribution >= 4 is 29.4 Å². The highest BCUT2D eigenvalue weighted by Crippen LogP contribution is 2.22. The molecule has 33 heavy (non-hydrogen) atoms. The first kappa shape index (κ1) is 23.6. The highest BCUT2D eigenvalue weighted by atomic mass is 35.5. The SMILES string of the molecule is COc1ccc(Cl)cc1C(=O)NNC(=O)COC(=O)c1ccccc1OCc1ccccc1. The quantitative estimate of drug-likeness (QED) is 0.387. The van der Waals surface area contributed by atoms with Gasteiger partial charge in [0.1, 0.15) is 23.7 Å². The number of hydrazine groups is 1. The first-order valence-electron chi connectivity index (χ1n) is 9.83. The van der Waals surface area contributed by atoms with E-state index < -0.39 is 24.4 Å². The van der Waals surface area contributed by atoms with Gasteiger partial charge in [0.15, 0.2) is 6.61 Å². The molecule has 0 aliphatic heterocycles. The summed E-state index contributed by atoms with van der Waals surface area (Å²) >= 11 is 5.90. The van der Waals surface area contributed by atoms with Crippen molar-refractivity contribution in [3.05, 3.63) is 94.5 Å². The number of para-hydroxylation sites is 1. The standard InChI is InChI=1S/C24H21ClN2O6/c1-31-20-12-11-17(25)13-19(20)23(29)27-26-22(28)15-33-24(30)18-9-5-6-10-21(18)32-14-16-7-3-2-4-8-16/h2-13H,14-15H2,1H3,(H,26,28)(H,27,29). The molecule has 3 aromatic rings. The zero-order chi connectivity index (χ0) is 23.6. The molecule has 170 valence electrons. The van der Waals surface area contributed by atoms with E-state index in [9.17, 15) is 14.4 Å². The van der Waals surface area contributed by atoms with Crippen LogP contribution in [0, 0.1) is 0 Å². The third-order valence-corrected chi connectivity index (χ3v) is 4.64. The lowest BCUT2D eigenvalue weighted by Gasteiger charge is -2.12. The molecule has 3 aromatic carbocycles. The zero-order valence-corrected chi connectivity index (χ0v) is 18.4. The number of carbonyl (C=O) groups excluding carboxylic acids is 3. The van der Waals surface area contributed by atoms with Gasteiger partial charge < -0.3 is 14.2 Å². The van der Waals surface area contributed by atoms with E-state index in [0.29, 0.717) is 10.8 Å². The second-order valence-corrected chi connectivity index (χ2v) is 7.13. The molecule has 2 amide bonds. The summed E-state index contributed by atoms with van der Waals surface area (Å²) in [5.41, 5.74) is 5.64. The van der Waals surface area contributed by atoms with E-state index in [1.807, 2.05) is 30.3 Å². The monoisotopic (exact) mass is 468 g/mol. The fourth-order valence-corrected chi connectivity index (χ4v) is 2.96. The summed E-state index contributed by atoms with van der Waals surface area (Å²) < 4.78 is 15.9. The van der Waals surface area contributed by atoms with Crippen LogP contribution < -0.4 is 20.3 Å². The van der Waals surface area contributed by atoms with Gasteiger partial charge >= 0.3 is 5.97 Å². The molecule has 0 heterocycles. The molecule has 0 aliphatic carbocycles. The lowest BCUT2D eigenvalue weighted by atomic mass is 10.2. The fraction of sp³-hybridized carbons (Fsp3) is 0.125. The summed E-state index contributed by atoms with van der Waals surface area (Å²) in [5.74, 6) is -1.51. The number of amides is 2. The highest BCUT2D eigenvalue weighted by molar-refractivity contribution is 6.31. The molecular formula is C24H21ClN2O6. The molecule has 0 atom stereocenters. The summed E-state index contributed by atoms with van der Waals surface area (Å²) in [5, 5.41) is 0.328. The van der Waals surface area contributed by atoms with E-state index in [4.69, 9.17) is 25.8 Å². The molecule has 9 heteroatoms. The van der Waals surface area contributed by atoms with Crippen LogP contribution in [0.2, 0.25) is 5.02 Å². The Kier molecular flexibility index (Phi) is 8.26. The molecule has 0 bridgehead atoms. The van der Waals surface area contributed by atoms with E-state index in [1.54, 1.807) is 24.3 Å². The van der Waals surface area contributed by atoms with E-state index in [0.717, 1.165) is 5.56 Å². The van der Waals surface area contributed by atoms with Crippen LogP contribution in [0.3, 0.4) is 0 Å². The van der Waals surface area contributed by atoms with Gasteiger partial charge in [0.05, 0.1) is 12.7 Å². The Bertz CT molecular complexity index is 1140. The van der Waals surface area contributed by atoms with Crippen molar-refractivity contribution in [1.82, 2.24) is 10.9 Å². The van der Waals surface area contributed by atoms with Gasteiger partial charge in [-0.2, -0.15) is 0 Å². The van der Waals surface area contributed by atoms with Crippen molar-refractivity contribution in [2.45, 2.75) is 6.61 Å². The highest BCUT2D eigenvalue weighted by Gasteiger charge is 2.17. The van der Waals surface area contributed by atoms with Crippen LogP contribution in [0.25, 0.3) is 0 Å². The normalized spacial score (nSPS) is 10.1. The van der Waals surface area contributed by atoms with Crippen LogP contribution in [-0.2, 0) is 16.1 Å². The van der Waals surface area contributed by atoms with Gasteiger partial charge in [-0.05, 0) is 35.9 Å². The van der Waals surface area contributed by atoms with Crippen LogP contribution in [0.5, 0.6) is 11.5 Å². The molecule has 2 N–H and O–H groups in total. The van der Waals surface area contributed by atoms with Gasteiger partial charge in [-0.15, -0.1) is 0 Å². The Labute approximate surface area is 195 Å². The number of rotatable bonds is 8. The van der Waals surface area contributed by atoms with Gasteiger partial charge in [-0.1, -0.05) is 54.1 Å². The van der Waals surface area contributed by atoms with Gasteiger partial charge in [0.2, 0.25) is 0 Å². The van der Waals surface area contributed by atoms with Crippen molar-refractivity contribution in [2.24, 2.45) is 0 Å². The summed E-state index contributed by atoms with van der Waals surface area (Å²) in [6.07, 6.45) is 0. The Morgan fingerprint density at radius 2 is 1.58 bits per heavy atom. The molecule has 0 aromatic heterocycles. The topological polar surface area (TPSA) is 103 Å². The minimum absolute atomic E-state index is 0.131. The van der Waals surface area contributed by atoms with Crippen molar-refractivity contribution in [3.63, 3.8) is 0 Å². The number of esters is 1. The first-order chi connectivity index (χ1) is 16.0. The summed E-state index contributed by atoms with van der Waals surface area (Å²) in [4.78, 5) is 36.8. The molecule has 3 rings (SSSR count). The smallest absolute Gasteiger partial charge is 0.342 e. The van der Waals surface area contributed by atoms with Crippen LogP contribution in [0.15, 0.2) is 72.8 Å². The lowest BCUT2D eigenvalue weighted by Crippen LogP contribution is -2.43. The van der Waals surface area contributed by atoms with E-state index in [-0.39, 0.29) is 23.5 Å². The maximum absolute atomic E-state index is 12.5. The van der Waals surface area contributed by atoms with Crippen molar-refractivity contribution in [1.29, 1.82) is 0 Å². The number of hydrogen-bond acceptors (Lipinski definition) is 6. The molecule has 0 radical (unpaired) electrons. The van der Waals surface area contributed by atoms with Crippen LogP contribution in [0.1, 0.15) is 26.3 Å². The molecule has 0 saturated heterocycles. The number of nitrogens with one attached hydrogen (secondary N) is 2. The predicted octanol–water partition coefficient (Wildman–Crippen LogP) is 3.55. The van der Waals surface area contributed by atoms with E-state index >= 15 is 0 Å². The minimum Gasteiger partial charge on any atom is -0.496 e. The van der Waals surface area contributed by atoms with Crippen molar-refractivity contribution < 1.29 is 28.6 Å². The molecule has 0 unspecified atom stereocenters. The number of halogens is 1. The second kappa shape index (κ2) is 11.5. The fourth-order valence-electron chi connectivity index (χ4n) is 2.79. The molecule has 0 saturated carbocycles. The van der Waals surface area contributed by atoms with E-state index in [2.05, 4.69) is 10.9 Å². The molecule has 0 spiro atoms. The average Bonchev–Trinajstić information content (AvgIpc) is 2.85. The predicted molar refractivity (Wildman–Crippen MR) is 121 cm³/mol. The molecule has 0 aliphatic rings. The summed E-state index contributed by atoms with van der Waals surface area (Å²) in [6.45, 7) is -0.344. The Morgan fingerprint density at radius 1 is 0.848 bits per heavy atom. The first-order valence-corrected chi connectivity index (χ1v) is 10.2. The summed E-state index contributed by atoms with van der Waals surface area (Å²) in [6, 6.07) is 20.5. The van der Waals surface area contributed by atoms with Crippen LogP contribution >= 0.6 is 11.6 Å². The number of benzene rings is 3. The van der Waals surface area contributed by atoms with Gasteiger partial charge in [-0.3, -0.25) is 20.4 Å². The number of carbonyl (C=O) groups is 3. The summed E-state index contributed by atoms with van der Waals surface area (Å²) in [7, 11) is 1.40. The third kappa shape index (κ3) is 6.72. The van der Waals surface area contributed by atoms with Crippen LogP contribution in [0.4, 0.5) is 0 Å². The average molecular weight is 469 g/mol. The largest absolute Gasteiger partial charge is 0.496 e. The zero-order valence-electron chi connectivity index (χ0n) is 17.7. The second-order valence-electron chi connectivity index (χ2n) is 6.69. The maximum Gasteiger partial charge on any atom is 0.342 e. The Hall–Kier alpha value is -4.04. The van der Waals surface area contributed by atoms with Gasteiger partial charge in [-0.25, -0.2) is 4.79 Å². The molecule has 8 nitrogen and oxygen atoms in total.